The van der Waals surface area contributed by atoms with Gasteiger partial charge in [-0.15, -0.1) is 0 Å². The Labute approximate surface area is 71.6 Å². The number of hydrogen-bond acceptors (Lipinski definition) is 2. The van der Waals surface area contributed by atoms with Crippen LogP contribution in [0.25, 0.3) is 11.0 Å². The van der Waals surface area contributed by atoms with Gasteiger partial charge in [-0.05, 0) is 28.1 Å². The highest BCUT2D eigenvalue weighted by atomic mass is 79.9. The Morgan fingerprint density at radius 2 is 2.18 bits per heavy atom. The Kier molecular flexibility index (Phi) is 1.39. The maximum absolute atomic E-state index is 9.22. The van der Waals surface area contributed by atoms with Gasteiger partial charge in [-0.25, -0.2) is 0 Å². The molecule has 2 nitrogen and oxygen atoms in total. The minimum atomic E-state index is 0.182. The lowest BCUT2D eigenvalue weighted by Gasteiger charge is -1.89. The summed E-state index contributed by atoms with van der Waals surface area (Å²) in [6.45, 7) is 0. The van der Waals surface area contributed by atoms with E-state index in [0.29, 0.717) is 5.58 Å². The van der Waals surface area contributed by atoms with Gasteiger partial charge in [0.05, 0.1) is 9.86 Å². The van der Waals surface area contributed by atoms with E-state index in [9.17, 15) is 5.11 Å². The van der Waals surface area contributed by atoms with Gasteiger partial charge in [0, 0.05) is 0 Å². The van der Waals surface area contributed by atoms with Gasteiger partial charge < -0.3 is 9.52 Å². The van der Waals surface area contributed by atoms with E-state index in [2.05, 4.69) is 15.9 Å². The molecule has 0 aliphatic rings. The first kappa shape index (κ1) is 6.73. The number of hydrogen-bond donors (Lipinski definition) is 1. The van der Waals surface area contributed by atoms with Crippen molar-refractivity contribution in [1.29, 1.82) is 0 Å². The van der Waals surface area contributed by atoms with E-state index in [1.165, 1.54) is 6.26 Å². The number of halogens is 1. The van der Waals surface area contributed by atoms with Gasteiger partial charge in [-0.3, -0.25) is 0 Å². The zero-order valence-corrected chi connectivity index (χ0v) is 7.13. The summed E-state index contributed by atoms with van der Waals surface area (Å²) in [7, 11) is 0. The molecule has 1 aromatic heterocycles. The molecule has 0 unspecified atom stereocenters. The van der Waals surface area contributed by atoms with Crippen LogP contribution in [0.2, 0.25) is 0 Å². The summed E-state index contributed by atoms with van der Waals surface area (Å²) in [4.78, 5) is 0. The van der Waals surface area contributed by atoms with Crippen LogP contribution >= 0.6 is 15.9 Å². The number of para-hydroxylation sites is 1. The summed E-state index contributed by atoms with van der Waals surface area (Å²) in [6, 6.07) is 5.52. The number of aromatic hydroxyl groups is 1. The summed E-state index contributed by atoms with van der Waals surface area (Å²) in [5.41, 5.74) is 0.685. The molecule has 0 saturated carbocycles. The SMILES string of the molecule is Oc1coc2c(Br)cccc12. The molecular weight excluding hydrogens is 208 g/mol. The van der Waals surface area contributed by atoms with E-state index in [1.807, 2.05) is 12.1 Å². The molecule has 56 valence electrons. The first-order chi connectivity index (χ1) is 5.29. The van der Waals surface area contributed by atoms with Crippen molar-refractivity contribution in [1.82, 2.24) is 0 Å². The van der Waals surface area contributed by atoms with Gasteiger partial charge >= 0.3 is 0 Å². The van der Waals surface area contributed by atoms with Crippen molar-refractivity contribution in [3.05, 3.63) is 28.9 Å². The fourth-order valence-corrected chi connectivity index (χ4v) is 1.47. The lowest BCUT2D eigenvalue weighted by atomic mass is 10.2. The normalized spacial score (nSPS) is 10.6. The Morgan fingerprint density at radius 3 is 2.91 bits per heavy atom. The van der Waals surface area contributed by atoms with Crippen LogP contribution in [0.5, 0.6) is 5.75 Å². The molecule has 0 aliphatic heterocycles. The molecule has 3 heteroatoms. The highest BCUT2D eigenvalue weighted by molar-refractivity contribution is 9.10. The van der Waals surface area contributed by atoms with E-state index >= 15 is 0 Å². The van der Waals surface area contributed by atoms with E-state index in [4.69, 9.17) is 4.42 Å². The zero-order chi connectivity index (χ0) is 7.84. The Balaban J connectivity index is 2.94. The monoisotopic (exact) mass is 212 g/mol. The van der Waals surface area contributed by atoms with Gasteiger partial charge in [-0.2, -0.15) is 0 Å². The number of benzene rings is 1. The number of rotatable bonds is 0. The first-order valence-corrected chi connectivity index (χ1v) is 3.93. The molecule has 2 aromatic rings. The average Bonchev–Trinajstić information content (AvgIpc) is 2.35. The fraction of sp³-hybridized carbons (Fsp3) is 0. The van der Waals surface area contributed by atoms with Gasteiger partial charge in [0.25, 0.3) is 0 Å². The lowest BCUT2D eigenvalue weighted by molar-refractivity contribution is 0.464. The molecule has 0 bridgehead atoms. The van der Waals surface area contributed by atoms with Gasteiger partial charge in [0.15, 0.2) is 11.3 Å². The van der Waals surface area contributed by atoms with Gasteiger partial charge in [0.2, 0.25) is 0 Å². The molecule has 0 spiro atoms. The van der Waals surface area contributed by atoms with Crippen molar-refractivity contribution in [2.45, 2.75) is 0 Å². The molecule has 2 rings (SSSR count). The highest BCUT2D eigenvalue weighted by Crippen LogP contribution is 2.31. The average molecular weight is 213 g/mol. The second kappa shape index (κ2) is 2.27. The molecular formula is C8H5BrO2. The van der Waals surface area contributed by atoms with Crippen LogP contribution in [-0.2, 0) is 0 Å². The summed E-state index contributed by atoms with van der Waals surface area (Å²) >= 11 is 3.31. The molecule has 11 heavy (non-hydrogen) atoms. The van der Waals surface area contributed by atoms with Crippen LogP contribution < -0.4 is 0 Å². The summed E-state index contributed by atoms with van der Waals surface area (Å²) < 4.78 is 5.94. The maximum atomic E-state index is 9.22. The Bertz CT molecular complexity index is 392. The van der Waals surface area contributed by atoms with Crippen molar-refractivity contribution in [3.8, 4) is 5.75 Å². The predicted molar refractivity (Wildman–Crippen MR) is 45.6 cm³/mol. The van der Waals surface area contributed by atoms with E-state index < -0.39 is 0 Å². The fourth-order valence-electron chi connectivity index (χ4n) is 1.01. The van der Waals surface area contributed by atoms with Crippen LogP contribution in [0.1, 0.15) is 0 Å². The zero-order valence-electron chi connectivity index (χ0n) is 5.54. The quantitative estimate of drug-likeness (QED) is 0.729. The van der Waals surface area contributed by atoms with E-state index in [0.717, 1.165) is 9.86 Å². The minimum Gasteiger partial charge on any atom is -0.504 e. The second-order valence-electron chi connectivity index (χ2n) is 2.24. The summed E-state index contributed by atoms with van der Waals surface area (Å²) in [6.07, 6.45) is 1.33. The number of fused-ring (bicyclic) bond motifs is 1. The molecule has 0 amide bonds. The Hall–Kier alpha value is -0.960. The molecule has 0 radical (unpaired) electrons. The van der Waals surface area contributed by atoms with Crippen molar-refractivity contribution in [2.24, 2.45) is 0 Å². The van der Waals surface area contributed by atoms with Crippen LogP contribution in [0.4, 0.5) is 0 Å². The maximum Gasteiger partial charge on any atom is 0.161 e. The van der Waals surface area contributed by atoms with Crippen molar-refractivity contribution < 1.29 is 9.52 Å². The first-order valence-electron chi connectivity index (χ1n) is 3.14. The molecule has 0 fully saturated rings. The smallest absolute Gasteiger partial charge is 0.161 e. The highest BCUT2D eigenvalue weighted by Gasteiger charge is 2.05. The molecule has 1 aromatic carbocycles. The van der Waals surface area contributed by atoms with E-state index in [-0.39, 0.29) is 5.75 Å². The topological polar surface area (TPSA) is 33.4 Å². The minimum absolute atomic E-state index is 0.182. The predicted octanol–water partition coefficient (Wildman–Crippen LogP) is 2.90. The van der Waals surface area contributed by atoms with Crippen molar-refractivity contribution >= 4 is 26.9 Å². The summed E-state index contributed by atoms with van der Waals surface area (Å²) in [5.74, 6) is 0.182. The largest absolute Gasteiger partial charge is 0.504 e. The van der Waals surface area contributed by atoms with Crippen molar-refractivity contribution in [3.63, 3.8) is 0 Å². The third-order valence-electron chi connectivity index (χ3n) is 1.53. The van der Waals surface area contributed by atoms with Crippen LogP contribution in [0, 0.1) is 0 Å². The standard InChI is InChI=1S/C8H5BrO2/c9-6-3-1-2-5-7(10)4-11-8(5)6/h1-4,10H. The van der Waals surface area contributed by atoms with Crippen LogP contribution in [0.3, 0.4) is 0 Å². The van der Waals surface area contributed by atoms with Crippen LogP contribution in [0.15, 0.2) is 33.4 Å². The molecule has 0 saturated heterocycles. The van der Waals surface area contributed by atoms with Crippen LogP contribution in [-0.4, -0.2) is 5.11 Å². The molecule has 1 heterocycles. The Morgan fingerprint density at radius 1 is 1.36 bits per heavy atom. The molecule has 1 N–H and O–H groups in total. The van der Waals surface area contributed by atoms with Gasteiger partial charge in [0.1, 0.15) is 6.26 Å². The lowest BCUT2D eigenvalue weighted by Crippen LogP contribution is -1.65. The second-order valence-corrected chi connectivity index (χ2v) is 3.09. The molecule has 0 aliphatic carbocycles. The van der Waals surface area contributed by atoms with E-state index in [1.54, 1.807) is 6.07 Å². The number of furan rings is 1. The third kappa shape index (κ3) is 0.922. The van der Waals surface area contributed by atoms with Crippen molar-refractivity contribution in [2.75, 3.05) is 0 Å². The molecule has 0 atom stereocenters. The van der Waals surface area contributed by atoms with Gasteiger partial charge in [-0.1, -0.05) is 6.07 Å². The summed E-state index contributed by atoms with van der Waals surface area (Å²) in [5, 5.41) is 9.96. The third-order valence-corrected chi connectivity index (χ3v) is 2.16.